The Kier molecular flexibility index (Phi) is 2.13. The molecule has 1 spiro atoms. The number of nitrogens with zero attached hydrogens (tertiary/aromatic N) is 1. The van der Waals surface area contributed by atoms with E-state index >= 15 is 0 Å². The van der Waals surface area contributed by atoms with Crippen LogP contribution in [-0.4, -0.2) is 28.9 Å². The van der Waals surface area contributed by atoms with Crippen molar-refractivity contribution in [2.45, 2.75) is 18.9 Å². The van der Waals surface area contributed by atoms with Crippen molar-refractivity contribution in [1.82, 2.24) is 4.57 Å². The van der Waals surface area contributed by atoms with Crippen LogP contribution < -0.4 is 5.56 Å². The van der Waals surface area contributed by atoms with Crippen LogP contribution in [-0.2, 0) is 4.74 Å². The average Bonchev–Trinajstić information content (AvgIpc) is 2.15. The van der Waals surface area contributed by atoms with Gasteiger partial charge in [-0.1, -0.05) is 0 Å². The quantitative estimate of drug-likeness (QED) is 0.826. The van der Waals surface area contributed by atoms with E-state index in [-0.39, 0.29) is 17.0 Å². The van der Waals surface area contributed by atoms with E-state index in [1.807, 2.05) is 0 Å². The maximum Gasteiger partial charge on any atom is 0.341 e. The summed E-state index contributed by atoms with van der Waals surface area (Å²) in [6.45, 7) is 1.55. The van der Waals surface area contributed by atoms with E-state index in [9.17, 15) is 9.59 Å². The lowest BCUT2D eigenvalue weighted by atomic mass is 9.64. The summed E-state index contributed by atoms with van der Waals surface area (Å²) in [4.78, 5) is 22.8. The zero-order valence-electron chi connectivity index (χ0n) is 9.26. The third-order valence-corrected chi connectivity index (χ3v) is 3.75. The van der Waals surface area contributed by atoms with Crippen LogP contribution in [0.3, 0.4) is 0 Å². The van der Waals surface area contributed by atoms with Gasteiger partial charge in [-0.2, -0.15) is 0 Å². The van der Waals surface area contributed by atoms with Crippen molar-refractivity contribution in [2.24, 2.45) is 5.41 Å². The Labute approximate surface area is 97.6 Å². The maximum atomic E-state index is 11.9. The van der Waals surface area contributed by atoms with Gasteiger partial charge < -0.3 is 14.4 Å². The van der Waals surface area contributed by atoms with Crippen molar-refractivity contribution in [3.05, 3.63) is 34.2 Å². The second-order valence-electron chi connectivity index (χ2n) is 4.99. The number of ether oxygens (including phenoxy) is 1. The highest BCUT2D eigenvalue weighted by Crippen LogP contribution is 2.52. The molecule has 1 saturated carbocycles. The molecular formula is C12H13NO4. The van der Waals surface area contributed by atoms with Crippen LogP contribution >= 0.6 is 0 Å². The molecule has 1 aliphatic carbocycles. The average molecular weight is 235 g/mol. The third-order valence-electron chi connectivity index (χ3n) is 3.75. The maximum absolute atomic E-state index is 11.9. The highest BCUT2D eigenvalue weighted by molar-refractivity contribution is 5.86. The molecule has 1 N–H and O–H groups in total. The number of hydrogen-bond donors (Lipinski definition) is 1. The number of hydrogen-bond acceptors (Lipinski definition) is 3. The smallest absolute Gasteiger partial charge is 0.341 e. The number of carbonyl (C=O) groups is 1. The fourth-order valence-corrected chi connectivity index (χ4v) is 2.72. The fourth-order valence-electron chi connectivity index (χ4n) is 2.72. The molecule has 2 heterocycles. The van der Waals surface area contributed by atoms with Crippen molar-refractivity contribution < 1.29 is 14.6 Å². The minimum atomic E-state index is -1.16. The minimum Gasteiger partial charge on any atom is -0.477 e. The zero-order valence-corrected chi connectivity index (χ0v) is 9.26. The second kappa shape index (κ2) is 3.43. The summed E-state index contributed by atoms with van der Waals surface area (Å²) in [5.41, 5.74) is -0.290. The molecule has 0 atom stereocenters. The molecule has 90 valence electrons. The molecule has 1 aromatic rings. The number of rotatable bonds is 2. The lowest BCUT2D eigenvalue weighted by molar-refractivity contribution is -0.174. The molecule has 2 aliphatic rings. The first-order chi connectivity index (χ1) is 8.11. The first-order valence-corrected chi connectivity index (χ1v) is 5.64. The molecule has 1 aliphatic heterocycles. The molecule has 0 radical (unpaired) electrons. The molecule has 0 aromatic carbocycles. The van der Waals surface area contributed by atoms with Gasteiger partial charge in [0.15, 0.2) is 0 Å². The van der Waals surface area contributed by atoms with E-state index in [2.05, 4.69) is 0 Å². The first kappa shape index (κ1) is 10.5. The summed E-state index contributed by atoms with van der Waals surface area (Å²) in [6.07, 6.45) is 3.50. The Hall–Kier alpha value is -1.62. The van der Waals surface area contributed by atoms with Gasteiger partial charge in [0, 0.05) is 17.7 Å². The van der Waals surface area contributed by atoms with E-state index in [1.54, 1.807) is 16.8 Å². The van der Waals surface area contributed by atoms with Gasteiger partial charge in [-0.3, -0.25) is 4.79 Å². The SMILES string of the molecule is O=C(O)c1cccn(C2CC3(COC3)C2)c1=O. The lowest BCUT2D eigenvalue weighted by Gasteiger charge is -2.53. The fraction of sp³-hybridized carbons (Fsp3) is 0.500. The van der Waals surface area contributed by atoms with Gasteiger partial charge in [0.2, 0.25) is 0 Å². The molecule has 0 amide bonds. The van der Waals surface area contributed by atoms with Crippen LogP contribution in [0.25, 0.3) is 0 Å². The number of carboxylic acids is 1. The van der Waals surface area contributed by atoms with Crippen LogP contribution in [0.1, 0.15) is 29.2 Å². The normalized spacial score (nSPS) is 21.9. The molecule has 5 nitrogen and oxygen atoms in total. The van der Waals surface area contributed by atoms with Crippen LogP contribution in [0.4, 0.5) is 0 Å². The zero-order chi connectivity index (χ0) is 12.0. The highest BCUT2D eigenvalue weighted by Gasteiger charge is 2.50. The first-order valence-electron chi connectivity index (χ1n) is 5.64. The van der Waals surface area contributed by atoms with Crippen molar-refractivity contribution in [1.29, 1.82) is 0 Å². The Morgan fingerprint density at radius 3 is 2.71 bits per heavy atom. The number of pyridine rings is 1. The largest absolute Gasteiger partial charge is 0.477 e. The van der Waals surface area contributed by atoms with Gasteiger partial charge in [0.25, 0.3) is 5.56 Å². The van der Waals surface area contributed by atoms with Crippen LogP contribution in [0.5, 0.6) is 0 Å². The van der Waals surface area contributed by atoms with Gasteiger partial charge in [-0.05, 0) is 25.0 Å². The summed E-state index contributed by atoms with van der Waals surface area (Å²) in [5.74, 6) is -1.16. The van der Waals surface area contributed by atoms with Gasteiger partial charge in [0.05, 0.1) is 13.2 Å². The second-order valence-corrected chi connectivity index (χ2v) is 4.99. The van der Waals surface area contributed by atoms with Crippen LogP contribution in [0.2, 0.25) is 0 Å². The van der Waals surface area contributed by atoms with Crippen molar-refractivity contribution >= 4 is 5.97 Å². The molecular weight excluding hydrogens is 222 g/mol. The molecule has 1 saturated heterocycles. The molecule has 1 aromatic heterocycles. The van der Waals surface area contributed by atoms with Crippen LogP contribution in [0.15, 0.2) is 23.1 Å². The highest BCUT2D eigenvalue weighted by atomic mass is 16.5. The summed E-state index contributed by atoms with van der Waals surface area (Å²) >= 11 is 0. The van der Waals surface area contributed by atoms with Crippen molar-refractivity contribution in [3.8, 4) is 0 Å². The standard InChI is InChI=1S/C12H13NO4/c14-10-9(11(15)16)2-1-3-13(10)8-4-12(5-8)6-17-7-12/h1-3,8H,4-7H2,(H,15,16). The monoisotopic (exact) mass is 235 g/mol. The van der Waals surface area contributed by atoms with Crippen molar-refractivity contribution in [2.75, 3.05) is 13.2 Å². The lowest BCUT2D eigenvalue weighted by Crippen LogP contribution is -2.54. The molecule has 2 fully saturated rings. The Morgan fingerprint density at radius 2 is 2.18 bits per heavy atom. The molecule has 3 rings (SSSR count). The Balaban J connectivity index is 1.87. The number of carboxylic acid groups (broad SMARTS) is 1. The van der Waals surface area contributed by atoms with E-state index in [1.165, 1.54) is 6.07 Å². The predicted molar refractivity (Wildman–Crippen MR) is 59.2 cm³/mol. The van der Waals surface area contributed by atoms with Crippen LogP contribution in [0, 0.1) is 5.41 Å². The van der Waals surface area contributed by atoms with Gasteiger partial charge >= 0.3 is 5.97 Å². The van der Waals surface area contributed by atoms with Gasteiger partial charge in [-0.15, -0.1) is 0 Å². The van der Waals surface area contributed by atoms with E-state index in [0.29, 0.717) is 0 Å². The van der Waals surface area contributed by atoms with E-state index in [0.717, 1.165) is 26.1 Å². The number of aromatic nitrogens is 1. The number of aromatic carboxylic acids is 1. The summed E-state index contributed by atoms with van der Waals surface area (Å²) < 4.78 is 6.72. The summed E-state index contributed by atoms with van der Waals surface area (Å²) in [7, 11) is 0. The van der Waals surface area contributed by atoms with Gasteiger partial charge in [-0.25, -0.2) is 4.79 Å². The molecule has 17 heavy (non-hydrogen) atoms. The Morgan fingerprint density at radius 1 is 1.47 bits per heavy atom. The Bertz CT molecular complexity index is 522. The summed E-state index contributed by atoms with van der Waals surface area (Å²) in [5, 5.41) is 8.89. The topological polar surface area (TPSA) is 68.5 Å². The van der Waals surface area contributed by atoms with Gasteiger partial charge in [0.1, 0.15) is 5.56 Å². The molecule has 0 unspecified atom stereocenters. The molecule has 0 bridgehead atoms. The minimum absolute atomic E-state index is 0.130. The third kappa shape index (κ3) is 1.50. The molecule has 5 heteroatoms. The van der Waals surface area contributed by atoms with E-state index < -0.39 is 11.5 Å². The van der Waals surface area contributed by atoms with E-state index in [4.69, 9.17) is 9.84 Å². The van der Waals surface area contributed by atoms with Crippen molar-refractivity contribution in [3.63, 3.8) is 0 Å². The predicted octanol–water partition coefficient (Wildman–Crippen LogP) is 0.898. The summed E-state index contributed by atoms with van der Waals surface area (Å²) in [6, 6.07) is 3.10.